The van der Waals surface area contributed by atoms with Crippen LogP contribution in [0.3, 0.4) is 0 Å². The third-order valence-electron chi connectivity index (χ3n) is 13.1. The average Bonchev–Trinajstić information content (AvgIpc) is 3.94. The number of benzene rings is 9. The molecule has 74 heavy (non-hydrogen) atoms. The van der Waals surface area contributed by atoms with Crippen LogP contribution < -0.4 is 9.47 Å². The predicted molar refractivity (Wildman–Crippen MR) is 298 cm³/mol. The van der Waals surface area contributed by atoms with Gasteiger partial charge in [0.25, 0.3) is 0 Å². The Balaban J connectivity index is 0.000000425. The fourth-order valence-electron chi connectivity index (χ4n) is 10.1. The number of hydrogen-bond donors (Lipinski definition) is 2. The van der Waals surface area contributed by atoms with Crippen LogP contribution in [0.1, 0.15) is 68.3 Å². The van der Waals surface area contributed by atoms with Crippen molar-refractivity contribution in [2.75, 3.05) is 13.2 Å². The van der Waals surface area contributed by atoms with Crippen molar-refractivity contribution in [3.8, 4) is 104 Å². The fraction of sp³-hybridized carbons (Fsp3) is 0.101. The van der Waals surface area contributed by atoms with Gasteiger partial charge in [0.05, 0.1) is 13.2 Å². The molecule has 2 aliphatic rings. The second kappa shape index (κ2) is 24.3. The topological polar surface area (TPSA) is 58.9 Å². The van der Waals surface area contributed by atoms with Gasteiger partial charge < -0.3 is 19.7 Å². The van der Waals surface area contributed by atoms with Crippen molar-refractivity contribution >= 4 is 0 Å². The summed E-state index contributed by atoms with van der Waals surface area (Å²) in [4.78, 5) is 0. The summed E-state index contributed by atoms with van der Waals surface area (Å²) in [5.41, 5.74) is 17.9. The van der Waals surface area contributed by atoms with Crippen LogP contribution in [0.25, 0.3) is 44.5 Å². The van der Waals surface area contributed by atoms with Gasteiger partial charge in [0.1, 0.15) is 23.0 Å². The number of fused-ring (bicyclic) bond motifs is 6. The predicted octanol–water partition coefficient (Wildman–Crippen LogP) is 15.5. The van der Waals surface area contributed by atoms with Crippen molar-refractivity contribution < 1.29 is 45.5 Å². The van der Waals surface area contributed by atoms with E-state index in [1.165, 1.54) is 44.5 Å². The molecule has 9 aromatic carbocycles. The third kappa shape index (κ3) is 11.1. The monoisotopic (exact) mass is 1130 g/mol. The van der Waals surface area contributed by atoms with Gasteiger partial charge in [-0.1, -0.05) is 152 Å². The van der Waals surface area contributed by atoms with Crippen molar-refractivity contribution in [1.29, 1.82) is 0 Å². The number of aryl methyl sites for hydroxylation is 2. The van der Waals surface area contributed by atoms with E-state index in [4.69, 9.17) is 15.9 Å². The molecule has 0 spiro atoms. The number of hydrogen-bond acceptors (Lipinski definition) is 4. The minimum Gasteiger partial charge on any atom is -0.507 e. The normalized spacial score (nSPS) is 11.3. The summed E-state index contributed by atoms with van der Waals surface area (Å²) < 4.78 is 12.9. The van der Waals surface area contributed by atoms with Gasteiger partial charge in [-0.25, -0.2) is 5.92 Å². The van der Waals surface area contributed by atoms with E-state index in [0.717, 1.165) is 50.1 Å². The van der Waals surface area contributed by atoms with E-state index in [9.17, 15) is 10.2 Å². The smallest absolute Gasteiger partial charge is 0.127 e. The number of phenolic OH excluding ortho intramolecular Hbond substituents is 2. The van der Waals surface area contributed by atoms with Crippen LogP contribution in [0.2, 0.25) is 0 Å². The van der Waals surface area contributed by atoms with Crippen LogP contribution in [0.15, 0.2) is 200 Å². The maximum Gasteiger partial charge on any atom is 0.127 e. The largest absolute Gasteiger partial charge is 0.507 e. The van der Waals surface area contributed by atoms with Gasteiger partial charge in [-0.15, -0.1) is 24.5 Å². The summed E-state index contributed by atoms with van der Waals surface area (Å²) in [6.07, 6.45) is 5.39. The standard InChI is InChI=1S/C55H44O4.C7H7.C7H3.Hf/c1-34-30-46(54(56)48(32-34)52-42-22-7-3-16-36(42)37-17-4-8-23-43(37)52)40-20-11-13-26-50(40)58-28-15-29-59-51-27-14-12-21-41(51)47-31-35(2)33-49(55(47)57)53-44-24-9-5-18-38(44)39-19-6-10-25-45(39)53;1-7-5-3-2-4-6-7;1-3-5-7-6-4-2;/h3-14,16-27,30-33,52-53,56-57H,15,28-29H2,1-2H3;2-6H,1H2;1H,2H2;/q;2*-1;. The Bertz CT molecular complexity index is 3330. The maximum atomic E-state index is 12.1. The van der Waals surface area contributed by atoms with Crippen LogP contribution in [0.5, 0.6) is 23.0 Å². The van der Waals surface area contributed by atoms with Crippen molar-refractivity contribution in [2.45, 2.75) is 32.1 Å². The fourth-order valence-corrected chi connectivity index (χ4v) is 10.1. The van der Waals surface area contributed by atoms with Crippen molar-refractivity contribution in [3.05, 3.63) is 264 Å². The molecule has 2 N–H and O–H groups in total. The zero-order chi connectivity index (χ0) is 50.7. The minimum absolute atomic E-state index is 0. The van der Waals surface area contributed by atoms with Crippen molar-refractivity contribution in [1.82, 2.24) is 0 Å². The van der Waals surface area contributed by atoms with Crippen molar-refractivity contribution in [3.63, 3.8) is 0 Å². The van der Waals surface area contributed by atoms with E-state index in [2.05, 4.69) is 166 Å². The first-order valence-electron chi connectivity index (χ1n) is 24.3. The van der Waals surface area contributed by atoms with Crippen LogP contribution in [0.4, 0.5) is 0 Å². The first-order valence-corrected chi connectivity index (χ1v) is 24.3. The van der Waals surface area contributed by atoms with Crippen LogP contribution in [-0.2, 0) is 25.8 Å². The summed E-state index contributed by atoms with van der Waals surface area (Å²) in [5, 5.41) is 24.1. The molecule has 0 unspecified atom stereocenters. The minimum atomic E-state index is -0.0707. The molecule has 9 aromatic rings. The zero-order valence-electron chi connectivity index (χ0n) is 41.5. The first-order chi connectivity index (χ1) is 35.8. The van der Waals surface area contributed by atoms with Crippen LogP contribution in [-0.4, -0.2) is 23.4 Å². The van der Waals surface area contributed by atoms with Crippen LogP contribution >= 0.6 is 0 Å². The average molecular weight is 1130 g/mol. The van der Waals surface area contributed by atoms with E-state index in [0.29, 0.717) is 31.1 Å². The number of terminal acetylenes is 1. The zero-order valence-corrected chi connectivity index (χ0v) is 45.1. The van der Waals surface area contributed by atoms with Crippen LogP contribution in [0, 0.1) is 63.7 Å². The van der Waals surface area contributed by atoms with E-state index in [1.807, 2.05) is 91.0 Å². The van der Waals surface area contributed by atoms with E-state index < -0.39 is 0 Å². The van der Waals surface area contributed by atoms with Gasteiger partial charge >= 0.3 is 0 Å². The second-order valence-electron chi connectivity index (χ2n) is 17.9. The molecule has 4 nitrogen and oxygen atoms in total. The summed E-state index contributed by atoms with van der Waals surface area (Å²) in [6, 6.07) is 68.1. The SMILES string of the molecule is C#CC#CC#C[CH2-].Cc1cc(-c2ccccc2OCCCOc2ccccc2-c2cc(C)cc(C3c4ccccc4-c4ccccc43)c2O)c(O)c(C2c3ccccc3-c3ccccc32)c1.[CH2-]c1ccccc1.[Hf]. The maximum absolute atomic E-state index is 12.1. The summed E-state index contributed by atoms with van der Waals surface area (Å²) in [7, 11) is 0. The Hall–Kier alpha value is -8.53. The molecule has 0 aromatic heterocycles. The van der Waals surface area contributed by atoms with Gasteiger partial charge in [-0.3, -0.25) is 5.92 Å². The Kier molecular flexibility index (Phi) is 17.0. The molecule has 5 heteroatoms. The molecule has 0 bridgehead atoms. The number of ether oxygens (including phenoxy) is 2. The second-order valence-corrected chi connectivity index (χ2v) is 17.9. The molecule has 0 radical (unpaired) electrons. The quantitative estimate of drug-likeness (QED) is 0.0620. The number of phenols is 2. The summed E-state index contributed by atoms with van der Waals surface area (Å²) >= 11 is 0. The Morgan fingerprint density at radius 2 is 0.784 bits per heavy atom. The molecule has 2 aliphatic carbocycles. The molecular formula is C69H54HfO4-2. The third-order valence-corrected chi connectivity index (χ3v) is 13.1. The molecule has 0 fully saturated rings. The molecule has 0 heterocycles. The molecule has 0 aliphatic heterocycles. The van der Waals surface area contributed by atoms with E-state index >= 15 is 0 Å². The molecule has 0 amide bonds. The van der Waals surface area contributed by atoms with Gasteiger partial charge in [-0.2, -0.15) is 31.5 Å². The van der Waals surface area contributed by atoms with Gasteiger partial charge in [0, 0.05) is 77.5 Å². The van der Waals surface area contributed by atoms with Crippen molar-refractivity contribution in [2.24, 2.45) is 0 Å². The molecule has 0 saturated carbocycles. The Labute approximate surface area is 455 Å². The summed E-state index contributed by atoms with van der Waals surface area (Å²) in [5.74, 6) is 13.3. The Morgan fingerprint density at radius 3 is 1.14 bits per heavy atom. The van der Waals surface area contributed by atoms with Gasteiger partial charge in [-0.05, 0) is 106 Å². The molecule has 11 rings (SSSR count). The molecule has 360 valence electrons. The molecule has 0 saturated heterocycles. The Morgan fingerprint density at radius 1 is 0.432 bits per heavy atom. The number of para-hydroxylation sites is 2. The van der Waals surface area contributed by atoms with Gasteiger partial charge in [0.2, 0.25) is 0 Å². The molecule has 0 atom stereocenters. The summed E-state index contributed by atoms with van der Waals surface area (Å²) in [6.45, 7) is 12.0. The molecular weight excluding hydrogens is 1070 g/mol. The number of rotatable bonds is 10. The van der Waals surface area contributed by atoms with E-state index in [-0.39, 0.29) is 49.2 Å². The van der Waals surface area contributed by atoms with Gasteiger partial charge in [0.15, 0.2) is 0 Å². The van der Waals surface area contributed by atoms with E-state index in [1.54, 1.807) is 0 Å². The number of aromatic hydroxyl groups is 2. The first kappa shape index (κ1) is 51.8.